The molecule has 10 heavy (non-hydrogen) atoms. The van der Waals surface area contributed by atoms with Crippen molar-refractivity contribution < 1.29 is 0 Å². The third-order valence-corrected chi connectivity index (χ3v) is 7.40. The summed E-state index contributed by atoms with van der Waals surface area (Å²) >= 11 is -1.74. The Labute approximate surface area is 67.1 Å². The van der Waals surface area contributed by atoms with Crippen LogP contribution in [0.3, 0.4) is 0 Å². The van der Waals surface area contributed by atoms with E-state index in [1.165, 1.54) is 0 Å². The molecule has 53 valence electrons. The van der Waals surface area contributed by atoms with E-state index in [2.05, 4.69) is 39.1 Å². The average molecular weight is 240 g/mol. The molecule has 1 aromatic carbocycles. The summed E-state index contributed by atoms with van der Waals surface area (Å²) in [6, 6.07) is 11.5. The molecule has 0 aliphatic rings. The molecule has 1 aromatic rings. The third-order valence-electron chi connectivity index (χ3n) is 1.57. The van der Waals surface area contributed by atoms with Crippen molar-refractivity contribution in [3.63, 3.8) is 0 Å². The van der Waals surface area contributed by atoms with Crippen LogP contribution < -0.4 is 3.58 Å². The minimum absolute atomic E-state index is 1.55. The molecule has 0 atom stereocenters. The number of hydrogen-bond acceptors (Lipinski definition) is 0. The van der Waals surface area contributed by atoms with E-state index in [-0.39, 0.29) is 0 Å². The normalized spacial score (nSPS) is 11.5. The van der Waals surface area contributed by atoms with Gasteiger partial charge in [-0.25, -0.2) is 0 Å². The van der Waals surface area contributed by atoms with Crippen LogP contribution in [0.25, 0.3) is 0 Å². The van der Waals surface area contributed by atoms with Crippen LogP contribution in [0.2, 0.25) is 14.8 Å². The van der Waals surface area contributed by atoms with E-state index >= 15 is 0 Å². The number of hydrogen-bond donors (Lipinski definition) is 0. The van der Waals surface area contributed by atoms with Crippen molar-refractivity contribution >= 4 is 22.0 Å². The summed E-state index contributed by atoms with van der Waals surface area (Å²) in [6.07, 6.45) is 0. The zero-order chi connectivity index (χ0) is 7.61. The maximum absolute atomic E-state index is 3.12. The van der Waals surface area contributed by atoms with Crippen LogP contribution >= 0.6 is 0 Å². The summed E-state index contributed by atoms with van der Waals surface area (Å²) in [5.74, 6) is 0. The van der Waals surface area contributed by atoms with E-state index in [4.69, 9.17) is 0 Å². The first kappa shape index (κ1) is 8.12. The summed E-state index contributed by atoms with van der Waals surface area (Å²) < 4.78 is 1.55. The fourth-order valence-corrected chi connectivity index (χ4v) is 4.04. The Morgan fingerprint density at radius 1 is 1.30 bits per heavy atom. The van der Waals surface area contributed by atoms with Gasteiger partial charge < -0.3 is 0 Å². The first-order valence-corrected chi connectivity index (χ1v) is 13.6. The van der Waals surface area contributed by atoms with Gasteiger partial charge in [-0.3, -0.25) is 0 Å². The molecule has 0 heterocycles. The van der Waals surface area contributed by atoms with Crippen LogP contribution in [0.15, 0.2) is 24.3 Å². The summed E-state index contributed by atoms with van der Waals surface area (Å²) in [5.41, 5.74) is 0. The average Bonchev–Trinajstić information content (AvgIpc) is 1.88. The Balaban J connectivity index is 2.97. The minimum atomic E-state index is -1.74. The number of rotatable bonds is 1. The van der Waals surface area contributed by atoms with Crippen molar-refractivity contribution in [3.05, 3.63) is 30.3 Å². The second kappa shape index (κ2) is 2.95. The molecule has 0 saturated carbocycles. The van der Waals surface area contributed by atoms with Gasteiger partial charge in [-0.2, -0.15) is 0 Å². The van der Waals surface area contributed by atoms with E-state index < -0.39 is 18.4 Å². The third kappa shape index (κ3) is 2.01. The van der Waals surface area contributed by atoms with Gasteiger partial charge in [0.2, 0.25) is 0 Å². The second-order valence-corrected chi connectivity index (χ2v) is 18.0. The SMILES string of the molecule is [CH3][Sn]([CH3])([CH3])[c]1c[c]ccc1. The molecule has 1 rings (SSSR count). The molecular formula is C9H13Sn. The van der Waals surface area contributed by atoms with Gasteiger partial charge in [-0.05, 0) is 0 Å². The first-order chi connectivity index (χ1) is 4.61. The van der Waals surface area contributed by atoms with Gasteiger partial charge >= 0.3 is 67.1 Å². The molecule has 0 spiro atoms. The van der Waals surface area contributed by atoms with Crippen LogP contribution in [-0.4, -0.2) is 18.4 Å². The van der Waals surface area contributed by atoms with Crippen LogP contribution in [0.5, 0.6) is 0 Å². The Bertz CT molecular complexity index is 196. The van der Waals surface area contributed by atoms with Gasteiger partial charge in [0, 0.05) is 0 Å². The van der Waals surface area contributed by atoms with E-state index in [0.29, 0.717) is 0 Å². The van der Waals surface area contributed by atoms with Crippen LogP contribution in [0.4, 0.5) is 0 Å². The van der Waals surface area contributed by atoms with E-state index in [9.17, 15) is 0 Å². The Morgan fingerprint density at radius 3 is 2.30 bits per heavy atom. The quantitative estimate of drug-likeness (QED) is 0.659. The molecule has 0 unspecified atom stereocenters. The molecule has 0 aliphatic heterocycles. The van der Waals surface area contributed by atoms with Crippen LogP contribution in [-0.2, 0) is 0 Å². The van der Waals surface area contributed by atoms with Gasteiger partial charge in [0.1, 0.15) is 0 Å². The van der Waals surface area contributed by atoms with Gasteiger partial charge in [0.05, 0.1) is 0 Å². The van der Waals surface area contributed by atoms with Crippen molar-refractivity contribution in [2.75, 3.05) is 0 Å². The van der Waals surface area contributed by atoms with Crippen molar-refractivity contribution in [1.29, 1.82) is 0 Å². The van der Waals surface area contributed by atoms with Crippen molar-refractivity contribution in [1.82, 2.24) is 0 Å². The summed E-state index contributed by atoms with van der Waals surface area (Å²) in [7, 11) is 0. The molecule has 0 fully saturated rings. The van der Waals surface area contributed by atoms with E-state index in [0.717, 1.165) is 0 Å². The summed E-state index contributed by atoms with van der Waals surface area (Å²) in [5, 5.41) is 0. The molecule has 1 heteroatoms. The fraction of sp³-hybridized carbons (Fsp3) is 0.333. The first-order valence-electron chi connectivity index (χ1n) is 3.57. The van der Waals surface area contributed by atoms with E-state index in [1.54, 1.807) is 3.58 Å². The van der Waals surface area contributed by atoms with Gasteiger partial charge in [-0.1, -0.05) is 0 Å². The number of benzene rings is 1. The Hall–Kier alpha value is 0.0187. The van der Waals surface area contributed by atoms with Crippen LogP contribution in [0, 0.1) is 6.07 Å². The second-order valence-electron chi connectivity index (χ2n) is 3.54. The van der Waals surface area contributed by atoms with E-state index in [1.807, 2.05) is 6.07 Å². The molecule has 0 aromatic heterocycles. The maximum atomic E-state index is 3.12. The van der Waals surface area contributed by atoms with Crippen LogP contribution in [0.1, 0.15) is 0 Å². The molecule has 0 amide bonds. The molecule has 0 saturated heterocycles. The topological polar surface area (TPSA) is 0 Å². The zero-order valence-corrected chi connectivity index (χ0v) is 9.66. The van der Waals surface area contributed by atoms with Gasteiger partial charge in [0.25, 0.3) is 0 Å². The molecule has 0 bridgehead atoms. The predicted molar refractivity (Wildman–Crippen MR) is 48.3 cm³/mol. The molecule has 0 nitrogen and oxygen atoms in total. The molecule has 1 radical (unpaired) electrons. The predicted octanol–water partition coefficient (Wildman–Crippen LogP) is 2.03. The van der Waals surface area contributed by atoms with Crippen molar-refractivity contribution in [2.24, 2.45) is 0 Å². The summed E-state index contributed by atoms with van der Waals surface area (Å²) in [4.78, 5) is 7.24. The van der Waals surface area contributed by atoms with Crippen molar-refractivity contribution in [2.45, 2.75) is 14.8 Å². The zero-order valence-electron chi connectivity index (χ0n) is 6.81. The molecule has 0 aliphatic carbocycles. The Morgan fingerprint density at radius 2 is 2.00 bits per heavy atom. The Kier molecular flexibility index (Phi) is 2.40. The molecule has 0 N–H and O–H groups in total. The fourth-order valence-electron chi connectivity index (χ4n) is 0.860. The van der Waals surface area contributed by atoms with Crippen molar-refractivity contribution in [3.8, 4) is 0 Å². The van der Waals surface area contributed by atoms with Gasteiger partial charge in [0.15, 0.2) is 0 Å². The standard InChI is InChI=1S/C6H4.3CH3.Sn/c1-2-4-6-5-3-1;;;;/h1-3,6H;3*1H3;. The monoisotopic (exact) mass is 241 g/mol. The summed E-state index contributed by atoms with van der Waals surface area (Å²) in [6.45, 7) is 0. The van der Waals surface area contributed by atoms with Gasteiger partial charge in [-0.15, -0.1) is 0 Å². The molecular weight excluding hydrogens is 227 g/mol.